The van der Waals surface area contributed by atoms with Gasteiger partial charge < -0.3 is 5.11 Å². The summed E-state index contributed by atoms with van der Waals surface area (Å²) in [5, 5.41) is 9.41. The lowest BCUT2D eigenvalue weighted by atomic mass is 9.82. The second kappa shape index (κ2) is 7.78. The summed E-state index contributed by atoms with van der Waals surface area (Å²) in [5.41, 5.74) is 0. The summed E-state index contributed by atoms with van der Waals surface area (Å²) >= 11 is 0. The van der Waals surface area contributed by atoms with Crippen LogP contribution in [-0.4, -0.2) is 34.6 Å². The zero-order valence-corrected chi connectivity index (χ0v) is 12.2. The van der Waals surface area contributed by atoms with Gasteiger partial charge in [-0.1, -0.05) is 33.1 Å². The molecule has 0 aromatic heterocycles. The van der Waals surface area contributed by atoms with Crippen LogP contribution in [0.25, 0.3) is 0 Å². The van der Waals surface area contributed by atoms with Crippen LogP contribution >= 0.6 is 0 Å². The number of hydrogen-bond donors (Lipinski definition) is 1. The molecule has 3 unspecified atom stereocenters. The molecule has 0 spiro atoms. The van der Waals surface area contributed by atoms with Crippen LogP contribution in [0.1, 0.15) is 65.7 Å². The molecule has 0 amide bonds. The Labute approximate surface area is 112 Å². The fourth-order valence-corrected chi connectivity index (χ4v) is 3.08. The van der Waals surface area contributed by atoms with Crippen LogP contribution in [0.2, 0.25) is 0 Å². The van der Waals surface area contributed by atoms with Crippen LogP contribution < -0.4 is 0 Å². The Balaban J connectivity index is 2.76. The number of nitrogens with zero attached hydrogens (tertiary/aromatic N) is 1. The fourth-order valence-electron chi connectivity index (χ4n) is 3.08. The van der Waals surface area contributed by atoms with Gasteiger partial charge in [-0.2, -0.15) is 0 Å². The Morgan fingerprint density at radius 3 is 2.56 bits per heavy atom. The van der Waals surface area contributed by atoms with E-state index in [1.54, 1.807) is 0 Å². The zero-order valence-electron chi connectivity index (χ0n) is 12.2. The molecule has 3 nitrogen and oxygen atoms in total. The quantitative estimate of drug-likeness (QED) is 0.756. The van der Waals surface area contributed by atoms with E-state index in [-0.39, 0.29) is 12.0 Å². The van der Waals surface area contributed by atoms with Gasteiger partial charge in [0.05, 0.1) is 5.92 Å². The molecule has 18 heavy (non-hydrogen) atoms. The van der Waals surface area contributed by atoms with E-state index in [4.69, 9.17) is 0 Å². The third kappa shape index (κ3) is 3.98. The smallest absolute Gasteiger partial charge is 0.308 e. The normalized spacial score (nSPS) is 26.2. The van der Waals surface area contributed by atoms with E-state index in [2.05, 4.69) is 25.7 Å². The van der Waals surface area contributed by atoms with Crippen LogP contribution in [0, 0.1) is 5.92 Å². The van der Waals surface area contributed by atoms with E-state index in [0.29, 0.717) is 6.04 Å². The molecule has 3 heteroatoms. The van der Waals surface area contributed by atoms with E-state index >= 15 is 0 Å². The van der Waals surface area contributed by atoms with Crippen molar-refractivity contribution in [3.05, 3.63) is 0 Å². The van der Waals surface area contributed by atoms with Crippen LogP contribution in [0.4, 0.5) is 0 Å². The highest BCUT2D eigenvalue weighted by Crippen LogP contribution is 2.30. The van der Waals surface area contributed by atoms with Gasteiger partial charge in [-0.25, -0.2) is 0 Å². The number of carboxylic acids is 1. The average molecular weight is 255 g/mol. The molecule has 0 radical (unpaired) electrons. The maximum Gasteiger partial charge on any atom is 0.308 e. The largest absolute Gasteiger partial charge is 0.481 e. The highest BCUT2D eigenvalue weighted by molar-refractivity contribution is 5.71. The van der Waals surface area contributed by atoms with Crippen molar-refractivity contribution in [3.8, 4) is 0 Å². The Bertz CT molecular complexity index is 255. The van der Waals surface area contributed by atoms with Gasteiger partial charge in [-0.3, -0.25) is 9.69 Å². The van der Waals surface area contributed by atoms with Gasteiger partial charge in [-0.15, -0.1) is 0 Å². The number of aliphatic carboxylic acids is 1. The second-order valence-corrected chi connectivity index (χ2v) is 5.65. The van der Waals surface area contributed by atoms with Gasteiger partial charge in [-0.05, 0) is 39.2 Å². The molecular formula is C15H29NO2. The van der Waals surface area contributed by atoms with E-state index in [1.807, 2.05) is 0 Å². The van der Waals surface area contributed by atoms with Crippen molar-refractivity contribution in [2.75, 3.05) is 6.54 Å². The van der Waals surface area contributed by atoms with Gasteiger partial charge in [0, 0.05) is 12.1 Å². The molecular weight excluding hydrogens is 226 g/mol. The minimum Gasteiger partial charge on any atom is -0.481 e. The number of carboxylic acid groups (broad SMARTS) is 1. The minimum atomic E-state index is -0.593. The monoisotopic (exact) mass is 255 g/mol. The maximum atomic E-state index is 11.4. The lowest BCUT2D eigenvalue weighted by molar-refractivity contribution is -0.146. The topological polar surface area (TPSA) is 40.5 Å². The van der Waals surface area contributed by atoms with E-state index in [0.717, 1.165) is 32.2 Å². The lowest BCUT2D eigenvalue weighted by Gasteiger charge is -2.41. The standard InChI is InChI=1S/C15H29NO2/c1-4-6-11-16(12(3)5-2)14-10-8-7-9-13(14)15(17)18/h12-14H,4-11H2,1-3H3,(H,17,18). The predicted octanol–water partition coefficient (Wildman–Crippen LogP) is 3.53. The summed E-state index contributed by atoms with van der Waals surface area (Å²) in [7, 11) is 0. The van der Waals surface area contributed by atoms with E-state index in [9.17, 15) is 9.90 Å². The molecule has 0 aliphatic heterocycles. The number of rotatable bonds is 7. The molecule has 0 heterocycles. The fraction of sp³-hybridized carbons (Fsp3) is 0.933. The molecule has 1 rings (SSSR count). The Morgan fingerprint density at radius 1 is 1.33 bits per heavy atom. The summed E-state index contributed by atoms with van der Waals surface area (Å²) in [6.45, 7) is 7.69. The molecule has 1 N–H and O–H groups in total. The number of hydrogen-bond acceptors (Lipinski definition) is 2. The maximum absolute atomic E-state index is 11.4. The van der Waals surface area contributed by atoms with Crippen molar-refractivity contribution >= 4 is 5.97 Å². The molecule has 3 atom stereocenters. The van der Waals surface area contributed by atoms with E-state index < -0.39 is 5.97 Å². The molecule has 1 aliphatic carbocycles. The molecule has 106 valence electrons. The number of unbranched alkanes of at least 4 members (excludes halogenated alkanes) is 1. The van der Waals surface area contributed by atoms with Crippen molar-refractivity contribution in [1.29, 1.82) is 0 Å². The first-order valence-electron chi connectivity index (χ1n) is 7.60. The van der Waals surface area contributed by atoms with Crippen molar-refractivity contribution in [1.82, 2.24) is 4.90 Å². The highest BCUT2D eigenvalue weighted by atomic mass is 16.4. The van der Waals surface area contributed by atoms with E-state index in [1.165, 1.54) is 19.3 Å². The first-order chi connectivity index (χ1) is 8.61. The molecule has 0 bridgehead atoms. The molecule has 1 aliphatic rings. The first kappa shape index (κ1) is 15.5. The van der Waals surface area contributed by atoms with Crippen molar-refractivity contribution in [3.63, 3.8) is 0 Å². The van der Waals surface area contributed by atoms with Crippen LogP contribution in [0.15, 0.2) is 0 Å². The third-order valence-corrected chi connectivity index (χ3v) is 4.40. The Morgan fingerprint density at radius 2 is 2.00 bits per heavy atom. The molecule has 1 saturated carbocycles. The van der Waals surface area contributed by atoms with Gasteiger partial charge >= 0.3 is 5.97 Å². The second-order valence-electron chi connectivity index (χ2n) is 5.65. The summed E-state index contributed by atoms with van der Waals surface area (Å²) in [5.74, 6) is -0.742. The Kier molecular flexibility index (Phi) is 6.69. The summed E-state index contributed by atoms with van der Waals surface area (Å²) < 4.78 is 0. The van der Waals surface area contributed by atoms with Gasteiger partial charge in [0.15, 0.2) is 0 Å². The minimum absolute atomic E-state index is 0.149. The van der Waals surface area contributed by atoms with Gasteiger partial charge in [0.1, 0.15) is 0 Å². The van der Waals surface area contributed by atoms with Crippen LogP contribution in [-0.2, 0) is 4.79 Å². The summed E-state index contributed by atoms with van der Waals surface area (Å²) in [6, 6.07) is 0.763. The van der Waals surface area contributed by atoms with Crippen molar-refractivity contribution < 1.29 is 9.90 Å². The molecule has 1 fully saturated rings. The third-order valence-electron chi connectivity index (χ3n) is 4.40. The zero-order chi connectivity index (χ0) is 13.5. The molecule has 0 saturated heterocycles. The first-order valence-corrected chi connectivity index (χ1v) is 7.60. The highest BCUT2D eigenvalue weighted by Gasteiger charge is 2.35. The van der Waals surface area contributed by atoms with Gasteiger partial charge in [0.25, 0.3) is 0 Å². The SMILES string of the molecule is CCCCN(C(C)CC)C1CCCCC1C(=O)O. The molecule has 0 aromatic carbocycles. The molecule has 0 aromatic rings. The predicted molar refractivity (Wildman–Crippen MR) is 74.7 cm³/mol. The van der Waals surface area contributed by atoms with Gasteiger partial charge in [0.2, 0.25) is 0 Å². The number of carbonyl (C=O) groups is 1. The summed E-state index contributed by atoms with van der Waals surface area (Å²) in [6.07, 6.45) is 7.64. The van der Waals surface area contributed by atoms with Crippen molar-refractivity contribution in [2.24, 2.45) is 5.92 Å². The Hall–Kier alpha value is -0.570. The summed E-state index contributed by atoms with van der Waals surface area (Å²) in [4.78, 5) is 13.9. The van der Waals surface area contributed by atoms with Crippen LogP contribution in [0.3, 0.4) is 0 Å². The van der Waals surface area contributed by atoms with Crippen molar-refractivity contribution in [2.45, 2.75) is 77.8 Å². The lowest BCUT2D eigenvalue weighted by Crippen LogP contribution is -2.49. The van der Waals surface area contributed by atoms with Crippen LogP contribution in [0.5, 0.6) is 0 Å². The average Bonchev–Trinajstić information content (AvgIpc) is 2.39.